The Labute approximate surface area is 187 Å². The summed E-state index contributed by atoms with van der Waals surface area (Å²) >= 11 is 0. The highest BCUT2D eigenvalue weighted by molar-refractivity contribution is 8.62. The van der Waals surface area contributed by atoms with Gasteiger partial charge in [0.15, 0.2) is 28.1 Å². The first-order chi connectivity index (χ1) is 14.5. The average molecular weight is 539 g/mol. The summed E-state index contributed by atoms with van der Waals surface area (Å²) in [6.07, 6.45) is 1.02. The molecule has 0 aliphatic carbocycles. The Morgan fingerprint density at radius 1 is 0.781 bits per heavy atom. The second-order valence-corrected chi connectivity index (χ2v) is 13.9. The Morgan fingerprint density at radius 3 is 1.75 bits per heavy atom. The summed E-state index contributed by atoms with van der Waals surface area (Å²) in [6, 6.07) is 5.94. The third kappa shape index (κ3) is 14.1. The topological polar surface area (TPSA) is 227 Å². The van der Waals surface area contributed by atoms with Gasteiger partial charge >= 0.3 is 0 Å². The first-order valence-electron chi connectivity index (χ1n) is 8.95. The molecule has 0 aliphatic heterocycles. The lowest BCUT2D eigenvalue weighted by Crippen LogP contribution is -2.26. The van der Waals surface area contributed by atoms with Crippen LogP contribution in [-0.2, 0) is 49.4 Å². The number of hydrogen-bond donors (Lipinski definition) is 1. The molecule has 0 unspecified atom stereocenters. The van der Waals surface area contributed by atoms with Crippen LogP contribution >= 0.6 is 0 Å². The van der Waals surface area contributed by atoms with Crippen molar-refractivity contribution in [3.63, 3.8) is 0 Å². The zero-order valence-electron chi connectivity index (χ0n) is 17.0. The van der Waals surface area contributed by atoms with Crippen LogP contribution in [0.5, 0.6) is 0 Å². The van der Waals surface area contributed by atoms with Crippen molar-refractivity contribution in [1.82, 2.24) is 5.32 Å². The molecule has 1 N–H and O–H groups in total. The highest BCUT2D eigenvalue weighted by Crippen LogP contribution is 2.13. The van der Waals surface area contributed by atoms with Crippen LogP contribution in [0.25, 0.3) is 0 Å². The van der Waals surface area contributed by atoms with E-state index in [2.05, 4.69) is 5.32 Å². The number of rotatable bonds is 13. The lowest BCUT2D eigenvalue weighted by atomic mass is 10.2. The summed E-state index contributed by atoms with van der Waals surface area (Å²) in [7, 11) is -19.0. The molecule has 32 heavy (non-hydrogen) atoms. The third-order valence-electron chi connectivity index (χ3n) is 3.49. The lowest BCUT2D eigenvalue weighted by molar-refractivity contribution is 0.137. The van der Waals surface area contributed by atoms with Gasteiger partial charge in [-0.1, -0.05) is 19.1 Å². The van der Waals surface area contributed by atoms with Crippen LogP contribution in [0.2, 0.25) is 0 Å². The Morgan fingerprint density at radius 2 is 1.31 bits per heavy atom. The van der Waals surface area contributed by atoms with E-state index in [4.69, 9.17) is 4.74 Å². The summed E-state index contributed by atoms with van der Waals surface area (Å²) in [5, 5.41) is 3.01. The van der Waals surface area contributed by atoms with Crippen LogP contribution in [0.1, 0.15) is 18.9 Å². The SMILES string of the molecule is CCCOCCNCCS(=O)(=O)c1ccc(CCS(=O)(=O)[O-])cc1.O=S(=O)([O-])S(=O)(=O)[O-]. The van der Waals surface area contributed by atoms with Crippen LogP contribution in [0.3, 0.4) is 0 Å². The van der Waals surface area contributed by atoms with E-state index in [1.165, 1.54) is 24.3 Å². The Hall–Kier alpha value is -1.18. The minimum absolute atomic E-state index is 0.0327. The molecule has 0 bridgehead atoms. The van der Waals surface area contributed by atoms with E-state index in [1.54, 1.807) is 0 Å². The molecular formula is C15H24NO12S4-3. The van der Waals surface area contributed by atoms with Gasteiger partial charge in [-0.2, -0.15) is 0 Å². The predicted molar refractivity (Wildman–Crippen MR) is 110 cm³/mol. The second-order valence-electron chi connectivity index (χ2n) is 6.15. The van der Waals surface area contributed by atoms with E-state index in [1.807, 2.05) is 6.92 Å². The van der Waals surface area contributed by atoms with E-state index in [9.17, 15) is 47.3 Å². The number of hydrogen-bond acceptors (Lipinski definition) is 13. The average Bonchev–Trinajstić information content (AvgIpc) is 2.64. The van der Waals surface area contributed by atoms with Crippen molar-refractivity contribution in [2.75, 3.05) is 37.8 Å². The maximum Gasteiger partial charge on any atom is 0.191 e. The predicted octanol–water partition coefficient (Wildman–Crippen LogP) is -1.44. The molecule has 0 radical (unpaired) electrons. The van der Waals surface area contributed by atoms with Gasteiger partial charge in [-0.3, -0.25) is 0 Å². The fourth-order valence-corrected chi connectivity index (χ4v) is 3.63. The van der Waals surface area contributed by atoms with Crippen LogP contribution in [0.15, 0.2) is 29.2 Å². The molecule has 0 saturated heterocycles. The first-order valence-corrected chi connectivity index (χ1v) is 15.5. The zero-order chi connectivity index (χ0) is 25.1. The molecule has 188 valence electrons. The fraction of sp³-hybridized carbons (Fsp3) is 0.600. The molecule has 17 heteroatoms. The van der Waals surface area contributed by atoms with E-state index >= 15 is 0 Å². The third-order valence-corrected chi connectivity index (χ3v) is 7.93. The molecule has 0 spiro atoms. The molecule has 0 atom stereocenters. The van der Waals surface area contributed by atoms with Gasteiger partial charge in [0.25, 0.3) is 0 Å². The Balaban J connectivity index is 0.00000102. The summed E-state index contributed by atoms with van der Waals surface area (Å²) in [5.74, 6) is -0.530. The largest absolute Gasteiger partial charge is 0.748 e. The van der Waals surface area contributed by atoms with Crippen molar-refractivity contribution in [3.05, 3.63) is 29.8 Å². The molecule has 1 aromatic rings. The standard InChI is InChI=1S/C15H25NO6S2.H2O6S2/c1-2-10-22-11-8-16-9-13-23(17,18)15-5-3-14(4-6-15)7-12-24(19,20)21;1-7(2,3)8(4,5)6/h3-6,16H,2,7-13H2,1H3,(H,19,20,21);(H,1,2,3)(H,4,5,6)/p-3. The number of sulfone groups is 1. The van der Waals surface area contributed by atoms with Gasteiger partial charge in [0.05, 0.1) is 27.4 Å². The van der Waals surface area contributed by atoms with Crippen molar-refractivity contribution in [2.24, 2.45) is 0 Å². The maximum atomic E-state index is 12.2. The molecule has 0 aromatic heterocycles. The first kappa shape index (κ1) is 30.8. The fourth-order valence-electron chi connectivity index (χ4n) is 1.95. The number of nitrogens with one attached hydrogen (secondary N) is 1. The zero-order valence-corrected chi connectivity index (χ0v) is 20.3. The monoisotopic (exact) mass is 538 g/mol. The summed E-state index contributed by atoms with van der Waals surface area (Å²) in [5.41, 5.74) is 0.611. The molecule has 13 nitrogen and oxygen atoms in total. The number of aryl methyl sites for hydroxylation is 1. The van der Waals surface area contributed by atoms with Crippen molar-refractivity contribution < 1.29 is 52.1 Å². The summed E-state index contributed by atoms with van der Waals surface area (Å²) in [4.78, 5) is 0.181. The lowest BCUT2D eigenvalue weighted by Gasteiger charge is -2.09. The molecule has 0 fully saturated rings. The van der Waals surface area contributed by atoms with E-state index in [0.717, 1.165) is 6.42 Å². The minimum Gasteiger partial charge on any atom is -0.748 e. The molecule has 0 aliphatic rings. The van der Waals surface area contributed by atoms with E-state index < -0.39 is 44.0 Å². The van der Waals surface area contributed by atoms with Crippen molar-refractivity contribution in [2.45, 2.75) is 24.7 Å². The summed E-state index contributed by atoms with van der Waals surface area (Å²) < 4.78 is 117. The van der Waals surface area contributed by atoms with Crippen molar-refractivity contribution >= 4 is 38.3 Å². The maximum absolute atomic E-state index is 12.2. The molecule has 0 amide bonds. The molecule has 0 heterocycles. The second kappa shape index (κ2) is 13.5. The van der Waals surface area contributed by atoms with Gasteiger partial charge in [-0.25, -0.2) is 33.7 Å². The normalized spacial score (nSPS) is 12.8. The number of benzene rings is 1. The van der Waals surface area contributed by atoms with Gasteiger partial charge in [0, 0.05) is 25.4 Å². The van der Waals surface area contributed by atoms with Gasteiger partial charge in [0.2, 0.25) is 0 Å². The van der Waals surface area contributed by atoms with E-state index in [-0.39, 0.29) is 17.1 Å². The highest BCUT2D eigenvalue weighted by atomic mass is 33.2. The van der Waals surface area contributed by atoms with Crippen LogP contribution < -0.4 is 5.32 Å². The number of ether oxygens (including phenoxy) is 1. The summed E-state index contributed by atoms with van der Waals surface area (Å²) in [6.45, 7) is 4.18. The van der Waals surface area contributed by atoms with Gasteiger partial charge < -0.3 is 23.7 Å². The van der Waals surface area contributed by atoms with E-state index in [0.29, 0.717) is 31.9 Å². The van der Waals surface area contributed by atoms with Gasteiger partial charge in [-0.15, -0.1) is 0 Å². The molecule has 1 rings (SSSR count). The smallest absolute Gasteiger partial charge is 0.191 e. The van der Waals surface area contributed by atoms with Crippen molar-refractivity contribution in [1.29, 1.82) is 0 Å². The van der Waals surface area contributed by atoms with Crippen LogP contribution in [-0.4, -0.2) is 85.1 Å². The van der Waals surface area contributed by atoms with Crippen LogP contribution in [0, 0.1) is 0 Å². The molecule has 0 saturated carbocycles. The molecule has 1 aromatic carbocycles. The van der Waals surface area contributed by atoms with Gasteiger partial charge in [0.1, 0.15) is 0 Å². The van der Waals surface area contributed by atoms with Crippen LogP contribution in [0.4, 0.5) is 0 Å². The quantitative estimate of drug-likeness (QED) is 0.172. The molecular weight excluding hydrogens is 514 g/mol. The highest BCUT2D eigenvalue weighted by Gasteiger charge is 2.13. The Bertz CT molecular complexity index is 1080. The van der Waals surface area contributed by atoms with Gasteiger partial charge in [-0.05, 0) is 30.5 Å². The minimum atomic E-state index is -5.67. The Kier molecular flexibility index (Phi) is 13.0. The van der Waals surface area contributed by atoms with Crippen molar-refractivity contribution in [3.8, 4) is 0 Å².